The van der Waals surface area contributed by atoms with Crippen molar-refractivity contribution < 1.29 is 9.53 Å². The zero-order valence-electron chi connectivity index (χ0n) is 14.1. The lowest BCUT2D eigenvalue weighted by atomic mass is 10.1. The second-order valence-electron chi connectivity index (χ2n) is 5.72. The highest BCUT2D eigenvalue weighted by Gasteiger charge is 2.11. The molecule has 22 heavy (non-hydrogen) atoms. The molecule has 0 bridgehead atoms. The van der Waals surface area contributed by atoms with Gasteiger partial charge in [-0.2, -0.15) is 0 Å². The Kier molecular flexibility index (Phi) is 12.4. The lowest BCUT2D eigenvalue weighted by Gasteiger charge is -2.04. The van der Waals surface area contributed by atoms with Crippen LogP contribution < -0.4 is 0 Å². The molecular weight excluding hydrogens is 319 g/mol. The zero-order chi connectivity index (χ0) is 17.0. The van der Waals surface area contributed by atoms with Gasteiger partial charge in [-0.05, 0) is 59.8 Å². The molecule has 0 rings (SSSR count). The maximum atomic E-state index is 11.0. The van der Waals surface area contributed by atoms with Crippen molar-refractivity contribution in [3.8, 4) is 0 Å². The van der Waals surface area contributed by atoms with Crippen molar-refractivity contribution in [3.63, 3.8) is 0 Å². The molecule has 0 unspecified atom stereocenters. The van der Waals surface area contributed by atoms with E-state index >= 15 is 0 Å². The van der Waals surface area contributed by atoms with Gasteiger partial charge in [0.1, 0.15) is 0 Å². The summed E-state index contributed by atoms with van der Waals surface area (Å²) in [5.41, 5.74) is 4.12. The van der Waals surface area contributed by atoms with Crippen LogP contribution in [0.1, 0.15) is 59.8 Å². The largest absolute Gasteiger partial charge is 0.463 e. The molecule has 0 aromatic heterocycles. The van der Waals surface area contributed by atoms with Crippen molar-refractivity contribution in [3.05, 3.63) is 34.9 Å². The first-order valence-corrected chi connectivity index (χ1v) is 8.59. The van der Waals surface area contributed by atoms with Crippen LogP contribution in [0.15, 0.2) is 34.9 Å². The van der Waals surface area contributed by atoms with Gasteiger partial charge in [0.2, 0.25) is 4.84 Å². The van der Waals surface area contributed by atoms with Gasteiger partial charge in [0.05, 0.1) is 6.61 Å². The molecule has 0 aliphatic rings. The van der Waals surface area contributed by atoms with Crippen molar-refractivity contribution in [1.29, 1.82) is 0 Å². The molecule has 0 heterocycles. The maximum absolute atomic E-state index is 11.0. The maximum Gasteiger partial charge on any atom is 0.339 e. The van der Waals surface area contributed by atoms with Crippen molar-refractivity contribution in [2.45, 2.75) is 64.6 Å². The summed E-state index contributed by atoms with van der Waals surface area (Å²) in [6.07, 6.45) is 11.7. The summed E-state index contributed by atoms with van der Waals surface area (Å²) < 4.78 is 4.90. The topological polar surface area (TPSA) is 26.3 Å². The molecule has 0 radical (unpaired) electrons. The van der Waals surface area contributed by atoms with Gasteiger partial charge in [0.15, 0.2) is 0 Å². The second kappa shape index (κ2) is 12.8. The molecule has 0 aromatic carbocycles. The van der Waals surface area contributed by atoms with Gasteiger partial charge in [-0.15, -0.1) is 0 Å². The quantitative estimate of drug-likeness (QED) is 0.205. The molecule has 2 nitrogen and oxygen atoms in total. The first-order chi connectivity index (χ1) is 10.3. The molecular formula is C18H28Cl2O2. The van der Waals surface area contributed by atoms with Gasteiger partial charge < -0.3 is 4.74 Å². The Morgan fingerprint density at radius 1 is 0.909 bits per heavy atom. The second-order valence-corrected chi connectivity index (χ2v) is 6.81. The van der Waals surface area contributed by atoms with Crippen LogP contribution in [0.2, 0.25) is 0 Å². The Bertz CT molecular complexity index is 417. The number of alkyl halides is 2. The monoisotopic (exact) mass is 346 g/mol. The van der Waals surface area contributed by atoms with Crippen LogP contribution in [0.3, 0.4) is 0 Å². The van der Waals surface area contributed by atoms with E-state index in [-0.39, 0.29) is 0 Å². The van der Waals surface area contributed by atoms with Crippen LogP contribution >= 0.6 is 23.2 Å². The molecule has 0 spiro atoms. The summed E-state index contributed by atoms with van der Waals surface area (Å²) in [5.74, 6) is -0.579. The fourth-order valence-corrected chi connectivity index (χ4v) is 1.99. The minimum absolute atomic E-state index is 0.323. The fourth-order valence-electron chi connectivity index (χ4n) is 1.87. The third-order valence-electron chi connectivity index (χ3n) is 3.16. The number of rotatable bonds is 10. The first kappa shape index (κ1) is 21.3. The Morgan fingerprint density at radius 3 is 1.91 bits per heavy atom. The van der Waals surface area contributed by atoms with E-state index in [2.05, 4.69) is 45.9 Å². The highest BCUT2D eigenvalue weighted by atomic mass is 35.5. The summed E-state index contributed by atoms with van der Waals surface area (Å²) in [4.78, 5) is 9.95. The van der Waals surface area contributed by atoms with Crippen LogP contribution in [0, 0.1) is 0 Å². The van der Waals surface area contributed by atoms with Crippen LogP contribution in [0.5, 0.6) is 0 Å². The summed E-state index contributed by atoms with van der Waals surface area (Å²) in [6.45, 7) is 8.87. The van der Waals surface area contributed by atoms with E-state index in [0.29, 0.717) is 13.0 Å². The molecule has 0 saturated heterocycles. The molecule has 0 amide bonds. The van der Waals surface area contributed by atoms with Crippen molar-refractivity contribution in [2.24, 2.45) is 0 Å². The average Bonchev–Trinajstić information content (AvgIpc) is 2.42. The number of carbonyl (C=O) groups excluding carboxylic acids is 1. The molecule has 126 valence electrons. The van der Waals surface area contributed by atoms with E-state index < -0.39 is 10.8 Å². The highest BCUT2D eigenvalue weighted by Crippen LogP contribution is 2.12. The third-order valence-corrected chi connectivity index (χ3v) is 3.51. The number of hydrogen-bond acceptors (Lipinski definition) is 2. The SMILES string of the molecule is CC(C)=CCC/C(C)=C/CCC(C)=CCCOC(=O)C(Cl)Cl. The number of halogens is 2. The zero-order valence-corrected chi connectivity index (χ0v) is 15.6. The smallest absolute Gasteiger partial charge is 0.339 e. The van der Waals surface area contributed by atoms with E-state index in [1.54, 1.807) is 0 Å². The molecule has 0 N–H and O–H groups in total. The average molecular weight is 347 g/mol. The fraction of sp³-hybridized carbons (Fsp3) is 0.611. The highest BCUT2D eigenvalue weighted by molar-refractivity contribution is 6.52. The summed E-state index contributed by atoms with van der Waals surface area (Å²) in [5, 5.41) is 0. The standard InChI is InChI=1S/C18H28Cl2O2/c1-14(2)8-5-9-15(3)10-6-11-16(4)12-7-13-22-18(21)17(19)20/h8,10,12,17H,5-7,9,11,13H2,1-4H3/b15-10+,16-12?. The Hall–Kier alpha value is -0.730. The van der Waals surface area contributed by atoms with Gasteiger partial charge in [-0.25, -0.2) is 4.79 Å². The lowest BCUT2D eigenvalue weighted by molar-refractivity contribution is -0.141. The molecule has 0 saturated carbocycles. The van der Waals surface area contributed by atoms with Crippen LogP contribution in [-0.2, 0) is 9.53 Å². The Labute approximate surface area is 145 Å². The molecule has 4 heteroatoms. The minimum Gasteiger partial charge on any atom is -0.463 e. The molecule has 0 aromatic rings. The Balaban J connectivity index is 3.87. The number of hydrogen-bond donors (Lipinski definition) is 0. The predicted molar refractivity (Wildman–Crippen MR) is 96.5 cm³/mol. The molecule has 0 aliphatic carbocycles. The van der Waals surface area contributed by atoms with E-state index in [4.69, 9.17) is 27.9 Å². The number of allylic oxidation sites excluding steroid dienone is 5. The van der Waals surface area contributed by atoms with Gasteiger partial charge in [0, 0.05) is 0 Å². The van der Waals surface area contributed by atoms with Gasteiger partial charge in [-0.3, -0.25) is 0 Å². The molecule has 0 aliphatic heterocycles. The van der Waals surface area contributed by atoms with Crippen molar-refractivity contribution in [1.82, 2.24) is 0 Å². The van der Waals surface area contributed by atoms with Crippen molar-refractivity contribution in [2.75, 3.05) is 6.61 Å². The van der Waals surface area contributed by atoms with Crippen LogP contribution in [0.25, 0.3) is 0 Å². The van der Waals surface area contributed by atoms with Gasteiger partial charge >= 0.3 is 5.97 Å². The lowest BCUT2D eigenvalue weighted by Crippen LogP contribution is -2.12. The summed E-state index contributed by atoms with van der Waals surface area (Å²) >= 11 is 10.8. The van der Waals surface area contributed by atoms with E-state index in [0.717, 1.165) is 25.7 Å². The van der Waals surface area contributed by atoms with Gasteiger partial charge in [-0.1, -0.05) is 58.1 Å². The van der Waals surface area contributed by atoms with Crippen LogP contribution in [-0.4, -0.2) is 17.4 Å². The number of carbonyl (C=O) groups is 1. The first-order valence-electron chi connectivity index (χ1n) is 7.72. The molecule has 0 fully saturated rings. The van der Waals surface area contributed by atoms with Gasteiger partial charge in [0.25, 0.3) is 0 Å². The number of ether oxygens (including phenoxy) is 1. The predicted octanol–water partition coefficient (Wildman–Crippen LogP) is 6.14. The minimum atomic E-state index is -1.09. The van der Waals surface area contributed by atoms with E-state index in [1.165, 1.54) is 16.7 Å². The third kappa shape index (κ3) is 13.0. The number of esters is 1. The van der Waals surface area contributed by atoms with E-state index in [9.17, 15) is 4.79 Å². The normalized spacial score (nSPS) is 12.5. The Morgan fingerprint density at radius 2 is 1.41 bits per heavy atom. The summed E-state index contributed by atoms with van der Waals surface area (Å²) in [6, 6.07) is 0. The summed E-state index contributed by atoms with van der Waals surface area (Å²) in [7, 11) is 0. The molecule has 0 atom stereocenters. The van der Waals surface area contributed by atoms with Crippen LogP contribution in [0.4, 0.5) is 0 Å². The van der Waals surface area contributed by atoms with Crippen molar-refractivity contribution >= 4 is 29.2 Å². The van der Waals surface area contributed by atoms with E-state index in [1.807, 2.05) is 0 Å².